The Morgan fingerprint density at radius 2 is 2.29 bits per heavy atom. The minimum Gasteiger partial charge on any atom is -0.381 e. The number of amides is 1. The van der Waals surface area contributed by atoms with Gasteiger partial charge in [-0.15, -0.1) is 0 Å². The zero-order valence-corrected chi connectivity index (χ0v) is 9.39. The lowest BCUT2D eigenvalue weighted by molar-refractivity contribution is -0.120. The number of carbonyl (C=O) groups is 1. The normalized spacial score (nSPS) is 15.5. The number of rotatable bonds is 8. The molecule has 0 spiro atoms. The third kappa shape index (κ3) is 6.27. The Bertz CT molecular complexity index is 172. The van der Waals surface area contributed by atoms with Crippen LogP contribution in [0.4, 0.5) is 0 Å². The first-order valence-electron chi connectivity index (χ1n) is 5.28. The predicted molar refractivity (Wildman–Crippen MR) is 59.6 cm³/mol. The van der Waals surface area contributed by atoms with Crippen LogP contribution in [0.15, 0.2) is 0 Å². The summed E-state index contributed by atoms with van der Waals surface area (Å²) in [6.45, 7) is 2.39. The topological polar surface area (TPSA) is 38.3 Å². The van der Waals surface area contributed by atoms with Crippen molar-refractivity contribution >= 4 is 18.5 Å². The van der Waals surface area contributed by atoms with Gasteiger partial charge in [0.15, 0.2) is 0 Å². The van der Waals surface area contributed by atoms with Crippen LogP contribution in [-0.4, -0.2) is 31.4 Å². The van der Waals surface area contributed by atoms with Crippen molar-refractivity contribution < 1.29 is 9.53 Å². The maximum Gasteiger partial charge on any atom is 0.220 e. The van der Waals surface area contributed by atoms with E-state index < -0.39 is 0 Å². The quantitative estimate of drug-likeness (QED) is 0.474. The van der Waals surface area contributed by atoms with E-state index in [0.29, 0.717) is 12.2 Å². The fourth-order valence-corrected chi connectivity index (χ4v) is 1.33. The maximum atomic E-state index is 11.0. The molecule has 0 bridgehead atoms. The number of thiol groups is 1. The molecule has 1 amide bonds. The van der Waals surface area contributed by atoms with Crippen molar-refractivity contribution in [3.8, 4) is 0 Å². The molecule has 1 N–H and O–H groups in total. The van der Waals surface area contributed by atoms with Gasteiger partial charge in [-0.1, -0.05) is 0 Å². The summed E-state index contributed by atoms with van der Waals surface area (Å²) in [7, 11) is 0. The van der Waals surface area contributed by atoms with Crippen molar-refractivity contribution in [3.05, 3.63) is 0 Å². The van der Waals surface area contributed by atoms with Gasteiger partial charge in [0.2, 0.25) is 5.91 Å². The Morgan fingerprint density at radius 1 is 1.50 bits per heavy atom. The molecule has 1 fully saturated rings. The third-order valence-electron chi connectivity index (χ3n) is 2.18. The molecular formula is C10H19NO2S. The molecule has 14 heavy (non-hydrogen) atoms. The third-order valence-corrected chi connectivity index (χ3v) is 2.40. The molecule has 82 valence electrons. The molecule has 1 rings (SSSR count). The van der Waals surface area contributed by atoms with Gasteiger partial charge < -0.3 is 10.1 Å². The van der Waals surface area contributed by atoms with E-state index in [2.05, 4.69) is 17.9 Å². The van der Waals surface area contributed by atoms with Gasteiger partial charge in [-0.05, 0) is 30.9 Å². The van der Waals surface area contributed by atoms with E-state index in [1.54, 1.807) is 0 Å². The molecule has 4 heteroatoms. The summed E-state index contributed by atoms with van der Waals surface area (Å²) in [6.07, 6.45) is 4.08. The van der Waals surface area contributed by atoms with E-state index >= 15 is 0 Å². The van der Waals surface area contributed by atoms with Crippen molar-refractivity contribution in [2.24, 2.45) is 5.92 Å². The molecule has 3 nitrogen and oxygen atoms in total. The van der Waals surface area contributed by atoms with Crippen molar-refractivity contribution in [1.29, 1.82) is 0 Å². The van der Waals surface area contributed by atoms with Crippen LogP contribution in [0.25, 0.3) is 0 Å². The second-order valence-corrected chi connectivity index (χ2v) is 4.14. The van der Waals surface area contributed by atoms with Gasteiger partial charge in [-0.25, -0.2) is 0 Å². The molecule has 0 aromatic heterocycles. The molecule has 0 radical (unpaired) electrons. The molecule has 0 aromatic rings. The van der Waals surface area contributed by atoms with E-state index in [1.807, 2.05) is 0 Å². The maximum absolute atomic E-state index is 11.0. The van der Waals surface area contributed by atoms with E-state index in [9.17, 15) is 4.79 Å². The van der Waals surface area contributed by atoms with Gasteiger partial charge in [0.1, 0.15) is 0 Å². The Kier molecular flexibility index (Phi) is 6.03. The fraction of sp³-hybridized carbons (Fsp3) is 0.900. The Labute approximate surface area is 91.0 Å². The molecule has 0 aromatic carbocycles. The summed E-state index contributed by atoms with van der Waals surface area (Å²) >= 11 is 3.98. The van der Waals surface area contributed by atoms with E-state index in [4.69, 9.17) is 4.74 Å². The average molecular weight is 217 g/mol. The van der Waals surface area contributed by atoms with E-state index in [1.165, 1.54) is 12.8 Å². The number of hydrogen-bond donors (Lipinski definition) is 2. The summed E-state index contributed by atoms with van der Waals surface area (Å²) in [5.74, 6) is 1.53. The molecule has 1 aliphatic rings. The molecule has 0 atom stereocenters. The molecule has 1 saturated carbocycles. The fourth-order valence-electron chi connectivity index (χ4n) is 1.13. The first-order valence-corrected chi connectivity index (χ1v) is 5.91. The number of nitrogens with one attached hydrogen (secondary N) is 1. The Morgan fingerprint density at radius 3 is 2.93 bits per heavy atom. The smallest absolute Gasteiger partial charge is 0.220 e. The SMILES string of the molecule is O=C(CCS)NCCCOCC1CC1. The second-order valence-electron chi connectivity index (χ2n) is 3.70. The Hall–Kier alpha value is -0.220. The van der Waals surface area contributed by atoms with Crippen LogP contribution in [0.1, 0.15) is 25.7 Å². The van der Waals surface area contributed by atoms with Crippen LogP contribution >= 0.6 is 12.6 Å². The summed E-state index contributed by atoms with van der Waals surface area (Å²) in [5.41, 5.74) is 0. The lowest BCUT2D eigenvalue weighted by Crippen LogP contribution is -2.25. The minimum absolute atomic E-state index is 0.0854. The zero-order valence-electron chi connectivity index (χ0n) is 8.50. The highest BCUT2D eigenvalue weighted by Gasteiger charge is 2.20. The van der Waals surface area contributed by atoms with Crippen LogP contribution in [0.2, 0.25) is 0 Å². The summed E-state index contributed by atoms with van der Waals surface area (Å²) in [6, 6.07) is 0. The first kappa shape index (κ1) is 11.9. The summed E-state index contributed by atoms with van der Waals surface area (Å²) in [5, 5.41) is 2.82. The van der Waals surface area contributed by atoms with E-state index in [0.717, 1.165) is 32.1 Å². The molecule has 1 aliphatic carbocycles. The van der Waals surface area contributed by atoms with Gasteiger partial charge in [-0.2, -0.15) is 12.6 Å². The van der Waals surface area contributed by atoms with Gasteiger partial charge >= 0.3 is 0 Å². The highest BCUT2D eigenvalue weighted by atomic mass is 32.1. The Balaban J connectivity index is 1.76. The van der Waals surface area contributed by atoms with Crippen molar-refractivity contribution in [3.63, 3.8) is 0 Å². The molecular weight excluding hydrogens is 198 g/mol. The van der Waals surface area contributed by atoms with Crippen LogP contribution < -0.4 is 5.32 Å². The van der Waals surface area contributed by atoms with Gasteiger partial charge in [0.05, 0.1) is 0 Å². The number of hydrogen-bond acceptors (Lipinski definition) is 3. The second kappa shape index (κ2) is 7.12. The van der Waals surface area contributed by atoms with Crippen LogP contribution in [0.3, 0.4) is 0 Å². The van der Waals surface area contributed by atoms with Gasteiger partial charge in [0.25, 0.3) is 0 Å². The summed E-state index contributed by atoms with van der Waals surface area (Å²) in [4.78, 5) is 11.0. The van der Waals surface area contributed by atoms with Gasteiger partial charge in [-0.3, -0.25) is 4.79 Å². The van der Waals surface area contributed by atoms with Gasteiger partial charge in [0, 0.05) is 26.2 Å². The van der Waals surface area contributed by atoms with Crippen LogP contribution in [0.5, 0.6) is 0 Å². The average Bonchev–Trinajstić information content (AvgIpc) is 2.95. The van der Waals surface area contributed by atoms with Crippen LogP contribution in [0, 0.1) is 5.92 Å². The zero-order chi connectivity index (χ0) is 10.2. The van der Waals surface area contributed by atoms with Crippen molar-refractivity contribution in [1.82, 2.24) is 5.32 Å². The van der Waals surface area contributed by atoms with Crippen molar-refractivity contribution in [2.75, 3.05) is 25.5 Å². The molecule has 0 heterocycles. The van der Waals surface area contributed by atoms with E-state index in [-0.39, 0.29) is 5.91 Å². The molecule has 0 saturated heterocycles. The standard InChI is InChI=1S/C10H19NO2S/c12-10(4-7-14)11-5-1-6-13-8-9-2-3-9/h9,14H,1-8H2,(H,11,12). The van der Waals surface area contributed by atoms with Crippen LogP contribution in [-0.2, 0) is 9.53 Å². The van der Waals surface area contributed by atoms with Crippen molar-refractivity contribution in [2.45, 2.75) is 25.7 Å². The largest absolute Gasteiger partial charge is 0.381 e. The predicted octanol–water partition coefficient (Wildman–Crippen LogP) is 1.24. The molecule has 0 unspecified atom stereocenters. The number of carbonyl (C=O) groups excluding carboxylic acids is 1. The highest BCUT2D eigenvalue weighted by molar-refractivity contribution is 7.80. The first-order chi connectivity index (χ1) is 6.83. The monoisotopic (exact) mass is 217 g/mol. The lowest BCUT2D eigenvalue weighted by atomic mass is 10.4. The highest BCUT2D eigenvalue weighted by Crippen LogP contribution is 2.28. The molecule has 0 aliphatic heterocycles. The summed E-state index contributed by atoms with van der Waals surface area (Å²) < 4.78 is 5.43. The lowest BCUT2D eigenvalue weighted by Gasteiger charge is -2.04. The minimum atomic E-state index is 0.0854. The number of ether oxygens (including phenoxy) is 1.